The Labute approximate surface area is 365 Å². The highest BCUT2D eigenvalue weighted by Gasteiger charge is 2.57. The first-order chi connectivity index (χ1) is 29.3. The summed E-state index contributed by atoms with van der Waals surface area (Å²) in [6.07, 6.45) is 26.3. The van der Waals surface area contributed by atoms with Crippen molar-refractivity contribution in [3.8, 4) is 45.4 Å². The fraction of sp³-hybridized carbons (Fsp3) is 0.544. The van der Waals surface area contributed by atoms with Crippen molar-refractivity contribution in [3.05, 3.63) is 106 Å². The second-order valence-corrected chi connectivity index (χ2v) is 23.2. The summed E-state index contributed by atoms with van der Waals surface area (Å²) in [5.74, 6) is 2.30. The lowest BCUT2D eigenvalue weighted by Crippen LogP contribution is -2.42. The molecule has 5 aromatic rings. The maximum absolute atomic E-state index is 5.45. The molecule has 7 aliphatic carbocycles. The monoisotopic (exact) mass is 807 g/mol. The van der Waals surface area contributed by atoms with Gasteiger partial charge in [-0.05, 0) is 166 Å². The average Bonchev–Trinajstić information content (AvgIpc) is 4.16. The van der Waals surface area contributed by atoms with E-state index in [2.05, 4.69) is 108 Å². The number of hydrogen-bond donors (Lipinski definition) is 0. The SMILES string of the molecule is CC1(C)c2ccc(-c3ccc(-c4nc(-c5ccc6c(c5)C5(CCCC5)CC65CCCC5)nc(-c5ccc6c(c5)C5(CCCC5)CC65CCCC5)n4)cn3)cc2C(C)(C)C1(C)C. The van der Waals surface area contributed by atoms with Crippen LogP contribution in [-0.4, -0.2) is 19.9 Å². The van der Waals surface area contributed by atoms with E-state index in [-0.39, 0.29) is 16.2 Å². The van der Waals surface area contributed by atoms with Gasteiger partial charge in [0.25, 0.3) is 0 Å². The molecule has 0 amide bonds. The van der Waals surface area contributed by atoms with Crippen molar-refractivity contribution < 1.29 is 0 Å². The van der Waals surface area contributed by atoms with Crippen LogP contribution in [0.1, 0.15) is 190 Å². The second-order valence-electron chi connectivity index (χ2n) is 23.2. The molecule has 61 heavy (non-hydrogen) atoms. The van der Waals surface area contributed by atoms with Crippen LogP contribution < -0.4 is 0 Å². The lowest BCUT2D eigenvalue weighted by Gasteiger charge is -2.44. The number of rotatable bonds is 4. The quantitative estimate of drug-likeness (QED) is 0.181. The molecule has 4 fully saturated rings. The zero-order chi connectivity index (χ0) is 41.6. The molecule has 2 aromatic heterocycles. The zero-order valence-electron chi connectivity index (χ0n) is 37.9. The van der Waals surface area contributed by atoms with Crippen LogP contribution in [0.5, 0.6) is 0 Å². The van der Waals surface area contributed by atoms with Gasteiger partial charge in [0.15, 0.2) is 17.5 Å². The molecule has 0 bridgehead atoms. The Bertz CT molecular complexity index is 2470. The number of pyridine rings is 1. The highest BCUT2D eigenvalue weighted by atomic mass is 15.0. The van der Waals surface area contributed by atoms with Crippen molar-refractivity contribution >= 4 is 0 Å². The van der Waals surface area contributed by atoms with Crippen LogP contribution in [0.15, 0.2) is 72.9 Å². The molecule has 0 N–H and O–H groups in total. The lowest BCUT2D eigenvalue weighted by molar-refractivity contribution is 0.125. The minimum absolute atomic E-state index is 0.0404. The Morgan fingerprint density at radius 3 is 1.16 bits per heavy atom. The summed E-state index contributed by atoms with van der Waals surface area (Å²) in [7, 11) is 0. The van der Waals surface area contributed by atoms with Gasteiger partial charge in [-0.25, -0.2) is 15.0 Å². The third kappa shape index (κ3) is 5.29. The predicted octanol–water partition coefficient (Wildman–Crippen LogP) is 14.6. The third-order valence-corrected chi connectivity index (χ3v) is 19.9. The van der Waals surface area contributed by atoms with Crippen molar-refractivity contribution in [2.24, 2.45) is 5.41 Å². The van der Waals surface area contributed by atoms with Gasteiger partial charge in [0.2, 0.25) is 0 Å². The highest BCUT2D eigenvalue weighted by molar-refractivity contribution is 5.71. The molecule has 3 aromatic carbocycles. The van der Waals surface area contributed by atoms with Gasteiger partial charge in [0, 0.05) is 28.5 Å². The molecule has 4 heteroatoms. The predicted molar refractivity (Wildman–Crippen MR) is 249 cm³/mol. The molecule has 4 nitrogen and oxygen atoms in total. The molecule has 12 rings (SSSR count). The van der Waals surface area contributed by atoms with Crippen LogP contribution in [-0.2, 0) is 32.5 Å². The van der Waals surface area contributed by atoms with E-state index < -0.39 is 0 Å². The smallest absolute Gasteiger partial charge is 0.165 e. The van der Waals surface area contributed by atoms with Crippen molar-refractivity contribution in [2.75, 3.05) is 0 Å². The first-order valence-corrected chi connectivity index (χ1v) is 24.5. The standard InChI is InChI=1S/C57H66N4/c1-51(2)41-19-15-37(31-44(41)52(3,4)53(51,5)6)47-22-18-40(34-58-47)50-60-48(38-16-20-42-45(32-38)56(27-11-12-28-56)35-54(42)23-7-8-24-54)59-49(61-50)39-17-21-43-46(33-39)57(29-13-14-30-57)36-55(43)25-9-10-26-55/h15-22,31-34H,7-14,23-30,35-36H2,1-6H3. The Balaban J connectivity index is 0.977. The van der Waals surface area contributed by atoms with Crippen LogP contribution >= 0.6 is 0 Å². The molecule has 4 spiro atoms. The lowest BCUT2D eigenvalue weighted by atomic mass is 9.59. The highest BCUT2D eigenvalue weighted by Crippen LogP contribution is 2.65. The van der Waals surface area contributed by atoms with E-state index in [0.717, 1.165) is 34.0 Å². The number of fused-ring (bicyclic) bond motifs is 7. The third-order valence-electron chi connectivity index (χ3n) is 19.9. The van der Waals surface area contributed by atoms with E-state index in [1.54, 1.807) is 22.3 Å². The number of benzene rings is 3. The van der Waals surface area contributed by atoms with E-state index in [4.69, 9.17) is 19.9 Å². The van der Waals surface area contributed by atoms with Crippen molar-refractivity contribution in [2.45, 2.75) is 190 Å². The minimum Gasteiger partial charge on any atom is -0.255 e. The van der Waals surface area contributed by atoms with E-state index in [1.807, 2.05) is 6.20 Å². The van der Waals surface area contributed by atoms with E-state index in [0.29, 0.717) is 27.5 Å². The van der Waals surface area contributed by atoms with Gasteiger partial charge in [0.05, 0.1) is 5.69 Å². The molecule has 4 saturated carbocycles. The summed E-state index contributed by atoms with van der Waals surface area (Å²) in [6.45, 7) is 14.5. The Hall–Kier alpha value is -4.18. The minimum atomic E-state index is 0.0404. The Morgan fingerprint density at radius 1 is 0.361 bits per heavy atom. The molecule has 0 atom stereocenters. The summed E-state index contributed by atoms with van der Waals surface area (Å²) in [5.41, 5.74) is 16.4. The van der Waals surface area contributed by atoms with Gasteiger partial charge in [-0.1, -0.05) is 129 Å². The number of nitrogens with zero attached hydrogens (tertiary/aromatic N) is 4. The van der Waals surface area contributed by atoms with Gasteiger partial charge >= 0.3 is 0 Å². The zero-order valence-corrected chi connectivity index (χ0v) is 37.9. The molecule has 2 heterocycles. The van der Waals surface area contributed by atoms with Crippen LogP contribution in [0.25, 0.3) is 45.4 Å². The number of hydrogen-bond acceptors (Lipinski definition) is 4. The van der Waals surface area contributed by atoms with Crippen LogP contribution in [0.3, 0.4) is 0 Å². The van der Waals surface area contributed by atoms with Crippen molar-refractivity contribution in [3.63, 3.8) is 0 Å². The average molecular weight is 807 g/mol. The molecule has 314 valence electrons. The summed E-state index contributed by atoms with van der Waals surface area (Å²) < 4.78 is 0. The van der Waals surface area contributed by atoms with Gasteiger partial charge in [0.1, 0.15) is 0 Å². The summed E-state index contributed by atoms with van der Waals surface area (Å²) >= 11 is 0. The summed E-state index contributed by atoms with van der Waals surface area (Å²) in [5, 5.41) is 0. The first kappa shape index (κ1) is 38.5. The van der Waals surface area contributed by atoms with Crippen LogP contribution in [0.2, 0.25) is 0 Å². The van der Waals surface area contributed by atoms with Gasteiger partial charge in [-0.3, -0.25) is 4.98 Å². The molecular formula is C57H66N4. The van der Waals surface area contributed by atoms with Gasteiger partial charge in [-0.15, -0.1) is 0 Å². The Morgan fingerprint density at radius 2 is 0.721 bits per heavy atom. The van der Waals surface area contributed by atoms with E-state index in [1.165, 1.54) is 132 Å². The molecule has 0 aliphatic heterocycles. The molecular weight excluding hydrogens is 741 g/mol. The van der Waals surface area contributed by atoms with Crippen molar-refractivity contribution in [1.82, 2.24) is 19.9 Å². The second kappa shape index (κ2) is 12.9. The summed E-state index contributed by atoms with van der Waals surface area (Å²) in [6, 6.07) is 26.2. The fourth-order valence-electron chi connectivity index (χ4n) is 15.5. The maximum Gasteiger partial charge on any atom is 0.165 e. The van der Waals surface area contributed by atoms with E-state index in [9.17, 15) is 0 Å². The topological polar surface area (TPSA) is 51.6 Å². The van der Waals surface area contributed by atoms with E-state index >= 15 is 0 Å². The molecule has 0 radical (unpaired) electrons. The van der Waals surface area contributed by atoms with Crippen LogP contribution in [0.4, 0.5) is 0 Å². The molecule has 7 aliphatic rings. The molecule has 0 saturated heterocycles. The largest absolute Gasteiger partial charge is 0.255 e. The molecule has 0 unspecified atom stereocenters. The maximum atomic E-state index is 5.45. The fourth-order valence-corrected chi connectivity index (χ4v) is 15.5. The van der Waals surface area contributed by atoms with Gasteiger partial charge < -0.3 is 0 Å². The van der Waals surface area contributed by atoms with Gasteiger partial charge in [-0.2, -0.15) is 0 Å². The number of aromatic nitrogens is 4. The summed E-state index contributed by atoms with van der Waals surface area (Å²) in [4.78, 5) is 21.3. The Kier molecular flexibility index (Phi) is 8.17. The normalized spacial score (nSPS) is 24.6. The first-order valence-electron chi connectivity index (χ1n) is 24.5. The van der Waals surface area contributed by atoms with Crippen molar-refractivity contribution in [1.29, 1.82) is 0 Å². The van der Waals surface area contributed by atoms with Crippen LogP contribution in [0, 0.1) is 5.41 Å².